The van der Waals surface area contributed by atoms with Crippen molar-refractivity contribution in [2.75, 3.05) is 5.32 Å². The van der Waals surface area contributed by atoms with Gasteiger partial charge in [0.05, 0.1) is 5.56 Å². The first-order valence-electron chi connectivity index (χ1n) is 4.64. The fourth-order valence-electron chi connectivity index (χ4n) is 1.18. The fourth-order valence-corrected chi connectivity index (χ4v) is 1.18. The Bertz CT molecular complexity index is 319. The number of nitrogens with one attached hydrogen (secondary N) is 1. The second kappa shape index (κ2) is 3.76. The van der Waals surface area contributed by atoms with Gasteiger partial charge in [-0.25, -0.2) is 0 Å². The van der Waals surface area contributed by atoms with E-state index in [1.807, 2.05) is 20.8 Å². The van der Waals surface area contributed by atoms with Gasteiger partial charge in [-0.15, -0.1) is 0 Å². The van der Waals surface area contributed by atoms with Crippen LogP contribution < -0.4 is 5.32 Å². The van der Waals surface area contributed by atoms with Crippen LogP contribution in [0.2, 0.25) is 0 Å². The highest BCUT2D eigenvalue weighted by Crippen LogP contribution is 2.30. The molecule has 0 spiro atoms. The minimum Gasteiger partial charge on any atom is -0.380 e. The molecule has 0 saturated carbocycles. The van der Waals surface area contributed by atoms with E-state index < -0.39 is 11.7 Å². The molecular weight excluding hydrogens is 203 g/mol. The average Bonchev–Trinajstić information content (AvgIpc) is 2.00. The van der Waals surface area contributed by atoms with Crippen molar-refractivity contribution in [1.29, 1.82) is 0 Å². The van der Waals surface area contributed by atoms with Crippen molar-refractivity contribution in [1.82, 2.24) is 0 Å². The summed E-state index contributed by atoms with van der Waals surface area (Å²) >= 11 is 0. The molecule has 1 aromatic rings. The summed E-state index contributed by atoms with van der Waals surface area (Å²) in [6.07, 6.45) is -4.26. The molecule has 0 atom stereocenters. The van der Waals surface area contributed by atoms with Crippen LogP contribution in [0, 0.1) is 0 Å². The van der Waals surface area contributed by atoms with Gasteiger partial charge in [0.1, 0.15) is 0 Å². The Morgan fingerprint density at radius 1 is 0.933 bits per heavy atom. The molecule has 0 heterocycles. The molecule has 1 rings (SSSR count). The Hall–Kier alpha value is -1.19. The molecular formula is C11H14F3N. The molecule has 1 N–H and O–H groups in total. The SMILES string of the molecule is CC(C)(C)Nc1ccc(C(F)(F)F)cc1. The van der Waals surface area contributed by atoms with Crippen LogP contribution in [0.1, 0.15) is 26.3 Å². The largest absolute Gasteiger partial charge is 0.416 e. The van der Waals surface area contributed by atoms with Crippen molar-refractivity contribution in [3.63, 3.8) is 0 Å². The number of hydrogen-bond donors (Lipinski definition) is 1. The summed E-state index contributed by atoms with van der Waals surface area (Å²) in [5, 5.41) is 3.09. The van der Waals surface area contributed by atoms with E-state index in [0.717, 1.165) is 12.1 Å². The molecule has 0 radical (unpaired) electrons. The maximum atomic E-state index is 12.2. The van der Waals surface area contributed by atoms with E-state index in [2.05, 4.69) is 5.32 Å². The van der Waals surface area contributed by atoms with Gasteiger partial charge in [0, 0.05) is 11.2 Å². The van der Waals surface area contributed by atoms with E-state index in [9.17, 15) is 13.2 Å². The Morgan fingerprint density at radius 2 is 1.40 bits per heavy atom. The summed E-state index contributed by atoms with van der Waals surface area (Å²) in [5.74, 6) is 0. The number of benzene rings is 1. The topological polar surface area (TPSA) is 12.0 Å². The van der Waals surface area contributed by atoms with Crippen LogP contribution in [-0.2, 0) is 6.18 Å². The highest BCUT2D eigenvalue weighted by atomic mass is 19.4. The third-order valence-electron chi connectivity index (χ3n) is 1.73. The predicted molar refractivity (Wildman–Crippen MR) is 54.8 cm³/mol. The van der Waals surface area contributed by atoms with Gasteiger partial charge in [-0.2, -0.15) is 13.2 Å². The number of anilines is 1. The minimum atomic E-state index is -4.26. The molecule has 0 amide bonds. The maximum absolute atomic E-state index is 12.2. The van der Waals surface area contributed by atoms with E-state index in [4.69, 9.17) is 0 Å². The zero-order chi connectivity index (χ0) is 11.7. The standard InChI is InChI=1S/C11H14F3N/c1-10(2,3)15-9-6-4-8(5-7-9)11(12,13)14/h4-7,15H,1-3H3. The molecule has 15 heavy (non-hydrogen) atoms. The van der Waals surface area contributed by atoms with Gasteiger partial charge in [-0.3, -0.25) is 0 Å². The van der Waals surface area contributed by atoms with Crippen molar-refractivity contribution in [3.05, 3.63) is 29.8 Å². The lowest BCUT2D eigenvalue weighted by Gasteiger charge is -2.22. The van der Waals surface area contributed by atoms with Gasteiger partial charge >= 0.3 is 6.18 Å². The molecule has 0 aromatic heterocycles. The van der Waals surface area contributed by atoms with Gasteiger partial charge in [-0.1, -0.05) is 0 Å². The zero-order valence-corrected chi connectivity index (χ0v) is 8.94. The normalized spacial score (nSPS) is 12.7. The van der Waals surface area contributed by atoms with E-state index in [0.29, 0.717) is 5.69 Å². The Labute approximate surface area is 87.3 Å². The highest BCUT2D eigenvalue weighted by Gasteiger charge is 2.30. The van der Waals surface area contributed by atoms with Gasteiger partial charge in [0.25, 0.3) is 0 Å². The van der Waals surface area contributed by atoms with E-state index in [-0.39, 0.29) is 5.54 Å². The van der Waals surface area contributed by atoms with E-state index >= 15 is 0 Å². The highest BCUT2D eigenvalue weighted by molar-refractivity contribution is 5.46. The second-order valence-corrected chi connectivity index (χ2v) is 4.45. The summed E-state index contributed by atoms with van der Waals surface area (Å²) in [7, 11) is 0. The maximum Gasteiger partial charge on any atom is 0.416 e. The smallest absolute Gasteiger partial charge is 0.380 e. The first-order valence-corrected chi connectivity index (χ1v) is 4.64. The molecule has 0 aliphatic rings. The molecule has 1 nitrogen and oxygen atoms in total. The lowest BCUT2D eigenvalue weighted by atomic mass is 10.1. The van der Waals surface area contributed by atoms with Crippen LogP contribution in [0.25, 0.3) is 0 Å². The van der Waals surface area contributed by atoms with Crippen molar-refractivity contribution in [2.45, 2.75) is 32.5 Å². The summed E-state index contributed by atoms with van der Waals surface area (Å²) in [4.78, 5) is 0. The minimum absolute atomic E-state index is 0.153. The summed E-state index contributed by atoms with van der Waals surface area (Å²) in [5.41, 5.74) is -0.0859. The third-order valence-corrected chi connectivity index (χ3v) is 1.73. The molecule has 0 unspecified atom stereocenters. The first-order chi connectivity index (χ1) is 6.68. The van der Waals surface area contributed by atoms with Gasteiger partial charge < -0.3 is 5.32 Å². The molecule has 0 aliphatic heterocycles. The Morgan fingerprint density at radius 3 is 1.73 bits per heavy atom. The van der Waals surface area contributed by atoms with E-state index in [1.165, 1.54) is 12.1 Å². The van der Waals surface area contributed by atoms with Crippen molar-refractivity contribution >= 4 is 5.69 Å². The lowest BCUT2D eigenvalue weighted by Crippen LogP contribution is -2.25. The van der Waals surface area contributed by atoms with Gasteiger partial charge in [0.15, 0.2) is 0 Å². The quantitative estimate of drug-likeness (QED) is 0.751. The van der Waals surface area contributed by atoms with Crippen LogP contribution in [0.15, 0.2) is 24.3 Å². The number of hydrogen-bond acceptors (Lipinski definition) is 1. The van der Waals surface area contributed by atoms with Crippen LogP contribution >= 0.6 is 0 Å². The third kappa shape index (κ3) is 3.81. The van der Waals surface area contributed by atoms with Crippen LogP contribution in [0.4, 0.5) is 18.9 Å². The average molecular weight is 217 g/mol. The molecule has 0 saturated heterocycles. The summed E-state index contributed by atoms with van der Waals surface area (Å²) < 4.78 is 36.7. The molecule has 84 valence electrons. The van der Waals surface area contributed by atoms with Crippen molar-refractivity contribution in [3.8, 4) is 0 Å². The Kier molecular flexibility index (Phi) is 2.98. The molecule has 4 heteroatoms. The second-order valence-electron chi connectivity index (χ2n) is 4.45. The molecule has 0 aliphatic carbocycles. The van der Waals surface area contributed by atoms with Crippen molar-refractivity contribution < 1.29 is 13.2 Å². The van der Waals surface area contributed by atoms with Gasteiger partial charge in [0.2, 0.25) is 0 Å². The molecule has 0 fully saturated rings. The number of halogens is 3. The molecule has 1 aromatic carbocycles. The van der Waals surface area contributed by atoms with Crippen LogP contribution in [-0.4, -0.2) is 5.54 Å². The van der Waals surface area contributed by atoms with Crippen LogP contribution in [0.5, 0.6) is 0 Å². The van der Waals surface area contributed by atoms with Gasteiger partial charge in [-0.05, 0) is 45.0 Å². The predicted octanol–water partition coefficient (Wildman–Crippen LogP) is 3.92. The molecule has 0 bridgehead atoms. The van der Waals surface area contributed by atoms with Crippen LogP contribution in [0.3, 0.4) is 0 Å². The summed E-state index contributed by atoms with van der Waals surface area (Å²) in [6.45, 7) is 5.85. The fraction of sp³-hybridized carbons (Fsp3) is 0.455. The summed E-state index contributed by atoms with van der Waals surface area (Å²) in [6, 6.07) is 5.03. The van der Waals surface area contributed by atoms with E-state index in [1.54, 1.807) is 0 Å². The first kappa shape index (κ1) is 11.9. The zero-order valence-electron chi connectivity index (χ0n) is 8.94. The Balaban J connectivity index is 2.82. The monoisotopic (exact) mass is 217 g/mol. The number of alkyl halides is 3. The lowest BCUT2D eigenvalue weighted by molar-refractivity contribution is -0.137. The van der Waals surface area contributed by atoms with Crippen molar-refractivity contribution in [2.24, 2.45) is 0 Å². The number of rotatable bonds is 1.